The minimum Gasteiger partial charge on any atom is -0.439 e. The number of rotatable bonds is 6. The van der Waals surface area contributed by atoms with Crippen molar-refractivity contribution in [3.05, 3.63) is 89.8 Å². The van der Waals surface area contributed by atoms with E-state index < -0.39 is 0 Å². The fourth-order valence-corrected chi connectivity index (χ4v) is 3.19. The number of aryl methyl sites for hydroxylation is 2. The van der Waals surface area contributed by atoms with Crippen molar-refractivity contribution in [2.45, 2.75) is 27.2 Å². The molecule has 31 heavy (non-hydrogen) atoms. The molecular formula is C24H23N5O2. The number of hydrogen-bond acceptors (Lipinski definition) is 5. The fraction of sp³-hybridized carbons (Fsp3) is 0.167. The standard InChI is InChI=1S/C24H23N5O2/c1-16-5-4-6-19(11-16)12-23(30)28-20-7-9-21(10-8-20)31-24-13-22(25-14-26-24)29-15-27-17(2)18(29)3/h4-11,13-15H,12H2,1-3H3,(H,28,30). The molecule has 7 nitrogen and oxygen atoms in total. The number of anilines is 1. The SMILES string of the molecule is Cc1cccc(CC(=O)Nc2ccc(Oc3cc(-n4cnc(C)c4C)ncn3)cc2)c1. The quantitative estimate of drug-likeness (QED) is 0.501. The van der Waals surface area contributed by atoms with Crippen molar-refractivity contribution < 1.29 is 9.53 Å². The molecule has 0 radical (unpaired) electrons. The first-order valence-corrected chi connectivity index (χ1v) is 9.94. The third kappa shape index (κ3) is 4.95. The van der Waals surface area contributed by atoms with Crippen molar-refractivity contribution in [2.75, 3.05) is 5.32 Å². The van der Waals surface area contributed by atoms with Gasteiger partial charge in [-0.15, -0.1) is 0 Å². The van der Waals surface area contributed by atoms with E-state index >= 15 is 0 Å². The molecule has 0 bridgehead atoms. The highest BCUT2D eigenvalue weighted by atomic mass is 16.5. The van der Waals surface area contributed by atoms with E-state index in [1.165, 1.54) is 6.33 Å². The summed E-state index contributed by atoms with van der Waals surface area (Å²) in [5.41, 5.74) is 4.78. The van der Waals surface area contributed by atoms with Crippen molar-refractivity contribution in [2.24, 2.45) is 0 Å². The van der Waals surface area contributed by atoms with Crippen molar-refractivity contribution in [3.63, 3.8) is 0 Å². The van der Waals surface area contributed by atoms with Crippen LogP contribution in [-0.4, -0.2) is 25.4 Å². The molecule has 1 amide bonds. The summed E-state index contributed by atoms with van der Waals surface area (Å²) >= 11 is 0. The maximum Gasteiger partial charge on any atom is 0.228 e. The number of benzene rings is 2. The average molecular weight is 413 g/mol. The van der Waals surface area contributed by atoms with Gasteiger partial charge in [0.2, 0.25) is 11.8 Å². The minimum atomic E-state index is -0.0642. The highest BCUT2D eigenvalue weighted by Crippen LogP contribution is 2.23. The summed E-state index contributed by atoms with van der Waals surface area (Å²) in [5, 5.41) is 2.91. The summed E-state index contributed by atoms with van der Waals surface area (Å²) in [6.07, 6.45) is 3.52. The van der Waals surface area contributed by atoms with Crippen LogP contribution in [0.4, 0.5) is 5.69 Å². The van der Waals surface area contributed by atoms with Crippen LogP contribution in [0.3, 0.4) is 0 Å². The van der Waals surface area contributed by atoms with Crippen LogP contribution >= 0.6 is 0 Å². The molecule has 0 aliphatic heterocycles. The van der Waals surface area contributed by atoms with Crippen molar-refractivity contribution in [3.8, 4) is 17.4 Å². The summed E-state index contributed by atoms with van der Waals surface area (Å²) in [6.45, 7) is 5.95. The lowest BCUT2D eigenvalue weighted by Gasteiger charge is -2.09. The van der Waals surface area contributed by atoms with Gasteiger partial charge in [0.25, 0.3) is 0 Å². The number of nitrogens with one attached hydrogen (secondary N) is 1. The maximum atomic E-state index is 12.3. The van der Waals surface area contributed by atoms with Gasteiger partial charge in [0, 0.05) is 17.4 Å². The van der Waals surface area contributed by atoms with E-state index in [1.807, 2.05) is 49.6 Å². The number of carbonyl (C=O) groups excluding carboxylic acids is 1. The molecule has 0 saturated carbocycles. The van der Waals surface area contributed by atoms with Gasteiger partial charge in [-0.25, -0.2) is 15.0 Å². The summed E-state index contributed by atoms with van der Waals surface area (Å²) in [6, 6.07) is 16.9. The Balaban J connectivity index is 1.40. The van der Waals surface area contributed by atoms with Crippen LogP contribution in [0.25, 0.3) is 5.82 Å². The van der Waals surface area contributed by atoms with Crippen LogP contribution < -0.4 is 10.1 Å². The summed E-state index contributed by atoms with van der Waals surface area (Å²) in [7, 11) is 0. The summed E-state index contributed by atoms with van der Waals surface area (Å²) < 4.78 is 7.74. The molecule has 1 N–H and O–H groups in total. The smallest absolute Gasteiger partial charge is 0.228 e. The molecule has 2 aromatic heterocycles. The number of ether oxygens (including phenoxy) is 1. The van der Waals surface area contributed by atoms with Crippen LogP contribution in [-0.2, 0) is 11.2 Å². The molecule has 156 valence electrons. The van der Waals surface area contributed by atoms with Gasteiger partial charge in [0.05, 0.1) is 12.1 Å². The number of nitrogens with zero attached hydrogens (tertiary/aromatic N) is 4. The second kappa shape index (κ2) is 8.79. The third-order valence-corrected chi connectivity index (χ3v) is 4.93. The molecule has 0 aliphatic carbocycles. The van der Waals surface area contributed by atoms with E-state index in [4.69, 9.17) is 4.74 Å². The Morgan fingerprint density at radius 2 is 1.81 bits per heavy atom. The molecule has 2 heterocycles. The molecule has 2 aromatic carbocycles. The number of amides is 1. The maximum absolute atomic E-state index is 12.3. The number of imidazole rings is 1. The van der Waals surface area contributed by atoms with Gasteiger partial charge in [0.15, 0.2) is 0 Å². The van der Waals surface area contributed by atoms with Gasteiger partial charge in [-0.3, -0.25) is 9.36 Å². The van der Waals surface area contributed by atoms with Crippen molar-refractivity contribution in [1.82, 2.24) is 19.5 Å². The molecular weight excluding hydrogens is 390 g/mol. The molecule has 0 fully saturated rings. The molecule has 4 rings (SSSR count). The molecule has 0 atom stereocenters. The lowest BCUT2D eigenvalue weighted by atomic mass is 10.1. The zero-order chi connectivity index (χ0) is 21.8. The van der Waals surface area contributed by atoms with Crippen molar-refractivity contribution >= 4 is 11.6 Å². The second-order valence-corrected chi connectivity index (χ2v) is 7.34. The van der Waals surface area contributed by atoms with E-state index in [0.29, 0.717) is 29.6 Å². The first-order chi connectivity index (χ1) is 15.0. The minimum absolute atomic E-state index is 0.0642. The summed E-state index contributed by atoms with van der Waals surface area (Å²) in [4.78, 5) is 25.1. The summed E-state index contributed by atoms with van der Waals surface area (Å²) in [5.74, 6) is 1.65. The number of aromatic nitrogens is 4. The molecule has 0 saturated heterocycles. The largest absolute Gasteiger partial charge is 0.439 e. The molecule has 0 spiro atoms. The first-order valence-electron chi connectivity index (χ1n) is 9.94. The third-order valence-electron chi connectivity index (χ3n) is 4.93. The Morgan fingerprint density at radius 1 is 1.00 bits per heavy atom. The average Bonchev–Trinajstić information content (AvgIpc) is 3.08. The topological polar surface area (TPSA) is 81.9 Å². The Morgan fingerprint density at radius 3 is 2.52 bits per heavy atom. The van der Waals surface area contributed by atoms with Gasteiger partial charge >= 0.3 is 0 Å². The zero-order valence-corrected chi connectivity index (χ0v) is 17.7. The molecule has 7 heteroatoms. The van der Waals surface area contributed by atoms with E-state index in [9.17, 15) is 4.79 Å². The van der Waals surface area contributed by atoms with Crippen LogP contribution in [0.15, 0.2) is 67.3 Å². The highest BCUT2D eigenvalue weighted by molar-refractivity contribution is 5.92. The van der Waals surface area contributed by atoms with Crippen molar-refractivity contribution in [1.29, 1.82) is 0 Å². The monoisotopic (exact) mass is 413 g/mol. The number of hydrogen-bond donors (Lipinski definition) is 1. The molecule has 4 aromatic rings. The Labute approximate surface area is 180 Å². The Bertz CT molecular complexity index is 1210. The van der Waals surface area contributed by atoms with E-state index in [1.54, 1.807) is 36.7 Å². The van der Waals surface area contributed by atoms with Crippen LogP contribution in [0.1, 0.15) is 22.5 Å². The molecule has 0 unspecified atom stereocenters. The lowest BCUT2D eigenvalue weighted by Crippen LogP contribution is -2.14. The van der Waals surface area contributed by atoms with Gasteiger partial charge in [-0.05, 0) is 50.6 Å². The Hall–Kier alpha value is -4.00. The normalized spacial score (nSPS) is 10.7. The zero-order valence-electron chi connectivity index (χ0n) is 17.7. The van der Waals surface area contributed by atoms with E-state index in [-0.39, 0.29) is 5.91 Å². The van der Waals surface area contributed by atoms with Gasteiger partial charge < -0.3 is 10.1 Å². The Kier molecular flexibility index (Phi) is 5.75. The van der Waals surface area contributed by atoms with Gasteiger partial charge in [-0.2, -0.15) is 0 Å². The van der Waals surface area contributed by atoms with Gasteiger partial charge in [-0.1, -0.05) is 29.8 Å². The fourth-order valence-electron chi connectivity index (χ4n) is 3.19. The van der Waals surface area contributed by atoms with Crippen LogP contribution in [0.2, 0.25) is 0 Å². The van der Waals surface area contributed by atoms with Gasteiger partial charge in [0.1, 0.15) is 24.2 Å². The highest BCUT2D eigenvalue weighted by Gasteiger charge is 2.09. The lowest BCUT2D eigenvalue weighted by molar-refractivity contribution is -0.115. The van der Waals surface area contributed by atoms with E-state index in [2.05, 4.69) is 20.3 Å². The van der Waals surface area contributed by atoms with E-state index in [0.717, 1.165) is 22.5 Å². The molecule has 0 aliphatic rings. The van der Waals surface area contributed by atoms with Crippen LogP contribution in [0, 0.1) is 20.8 Å². The first kappa shape index (κ1) is 20.3. The second-order valence-electron chi connectivity index (χ2n) is 7.34. The predicted molar refractivity (Wildman–Crippen MR) is 119 cm³/mol. The number of carbonyl (C=O) groups is 1. The predicted octanol–water partition coefficient (Wildman–Crippen LogP) is 4.56. The van der Waals surface area contributed by atoms with Crippen LogP contribution in [0.5, 0.6) is 11.6 Å².